The number of fused-ring (bicyclic) bond motifs is 1. The summed E-state index contributed by atoms with van der Waals surface area (Å²) in [6.07, 6.45) is 2.00. The third-order valence-electron chi connectivity index (χ3n) is 4.16. The summed E-state index contributed by atoms with van der Waals surface area (Å²) in [5, 5.41) is 0.599. The van der Waals surface area contributed by atoms with Crippen molar-refractivity contribution in [1.82, 2.24) is 4.98 Å². The van der Waals surface area contributed by atoms with Gasteiger partial charge in [-0.25, -0.2) is 4.79 Å². The SMILES string of the molecule is CCOC(=O)c1c(C)nc2c(c1-c1ccc(Cl)cc1)C(=O)CCC2. The highest BCUT2D eigenvalue weighted by Crippen LogP contribution is 2.36. The van der Waals surface area contributed by atoms with Gasteiger partial charge in [0.25, 0.3) is 0 Å². The van der Waals surface area contributed by atoms with Crippen molar-refractivity contribution in [2.45, 2.75) is 33.1 Å². The molecule has 2 aromatic rings. The van der Waals surface area contributed by atoms with Gasteiger partial charge in [0, 0.05) is 22.6 Å². The second-order valence-corrected chi connectivity index (χ2v) is 6.21. The smallest absolute Gasteiger partial charge is 0.340 e. The Kier molecular flexibility index (Phi) is 4.67. The third-order valence-corrected chi connectivity index (χ3v) is 4.41. The number of esters is 1. The van der Waals surface area contributed by atoms with Crippen LogP contribution in [0.5, 0.6) is 0 Å². The van der Waals surface area contributed by atoms with Crippen LogP contribution in [0.4, 0.5) is 0 Å². The number of halogens is 1. The van der Waals surface area contributed by atoms with Crippen LogP contribution in [-0.4, -0.2) is 23.3 Å². The molecule has 0 saturated heterocycles. The monoisotopic (exact) mass is 343 g/mol. The predicted octanol–water partition coefficient (Wildman–Crippen LogP) is 4.41. The Hall–Kier alpha value is -2.20. The van der Waals surface area contributed by atoms with Gasteiger partial charge in [0.05, 0.1) is 23.6 Å². The second kappa shape index (κ2) is 6.73. The van der Waals surface area contributed by atoms with Crippen LogP contribution in [-0.2, 0) is 11.2 Å². The van der Waals surface area contributed by atoms with Crippen LogP contribution in [0.25, 0.3) is 11.1 Å². The minimum Gasteiger partial charge on any atom is -0.462 e. The van der Waals surface area contributed by atoms with Crippen LogP contribution in [0.1, 0.15) is 51.9 Å². The highest BCUT2D eigenvalue weighted by molar-refractivity contribution is 6.30. The van der Waals surface area contributed by atoms with Gasteiger partial charge < -0.3 is 4.74 Å². The van der Waals surface area contributed by atoms with Crippen LogP contribution < -0.4 is 0 Å². The van der Waals surface area contributed by atoms with Crippen LogP contribution in [0.2, 0.25) is 5.02 Å². The first kappa shape index (κ1) is 16.7. The predicted molar refractivity (Wildman–Crippen MR) is 92.6 cm³/mol. The average molecular weight is 344 g/mol. The Morgan fingerprint density at radius 2 is 1.92 bits per heavy atom. The molecule has 1 aromatic carbocycles. The first-order valence-corrected chi connectivity index (χ1v) is 8.40. The van der Waals surface area contributed by atoms with E-state index in [1.54, 1.807) is 26.0 Å². The van der Waals surface area contributed by atoms with Gasteiger partial charge in [-0.05, 0) is 44.4 Å². The molecule has 0 unspecified atom stereocenters. The normalized spacial score (nSPS) is 13.5. The Labute approximate surface area is 145 Å². The standard InChI is InChI=1S/C19H18ClNO3/c1-3-24-19(23)16-11(2)21-14-5-4-6-15(22)18(14)17(16)12-7-9-13(20)10-8-12/h7-10H,3-6H2,1-2H3. The number of carbonyl (C=O) groups excluding carboxylic acids is 2. The number of aryl methyl sites for hydroxylation is 2. The van der Waals surface area contributed by atoms with E-state index >= 15 is 0 Å². The maximum absolute atomic E-state index is 12.6. The van der Waals surface area contributed by atoms with E-state index in [1.165, 1.54) is 0 Å². The molecule has 0 aliphatic heterocycles. The number of carbonyl (C=O) groups is 2. The molecule has 0 N–H and O–H groups in total. The fourth-order valence-corrected chi connectivity index (χ4v) is 3.27. The van der Waals surface area contributed by atoms with E-state index in [1.807, 2.05) is 12.1 Å². The molecule has 1 aliphatic rings. The first-order valence-electron chi connectivity index (χ1n) is 8.02. The molecule has 0 bridgehead atoms. The fraction of sp³-hybridized carbons (Fsp3) is 0.316. The summed E-state index contributed by atoms with van der Waals surface area (Å²) in [6, 6.07) is 7.15. The third kappa shape index (κ3) is 2.94. The molecule has 1 aromatic heterocycles. The number of hydrogen-bond donors (Lipinski definition) is 0. The van der Waals surface area contributed by atoms with E-state index in [-0.39, 0.29) is 12.4 Å². The molecule has 3 rings (SSSR count). The molecule has 0 atom stereocenters. The van der Waals surface area contributed by atoms with Gasteiger partial charge in [-0.1, -0.05) is 23.7 Å². The molecular formula is C19H18ClNO3. The Morgan fingerprint density at radius 3 is 2.58 bits per heavy atom. The van der Waals surface area contributed by atoms with Gasteiger partial charge >= 0.3 is 5.97 Å². The molecule has 0 amide bonds. The summed E-state index contributed by atoms with van der Waals surface area (Å²) < 4.78 is 5.20. The van der Waals surface area contributed by atoms with Crippen molar-refractivity contribution < 1.29 is 14.3 Å². The van der Waals surface area contributed by atoms with E-state index in [9.17, 15) is 9.59 Å². The van der Waals surface area contributed by atoms with Crippen LogP contribution in [0, 0.1) is 6.92 Å². The average Bonchev–Trinajstić information content (AvgIpc) is 2.55. The minimum atomic E-state index is -0.450. The zero-order valence-corrected chi connectivity index (χ0v) is 14.4. The molecule has 5 heteroatoms. The Morgan fingerprint density at radius 1 is 1.21 bits per heavy atom. The number of hydrogen-bond acceptors (Lipinski definition) is 4. The van der Waals surface area contributed by atoms with Crippen molar-refractivity contribution in [3.05, 3.63) is 51.8 Å². The number of rotatable bonds is 3. The fourth-order valence-electron chi connectivity index (χ4n) is 3.15. The molecule has 1 heterocycles. The lowest BCUT2D eigenvalue weighted by Gasteiger charge is -2.22. The van der Waals surface area contributed by atoms with Crippen LogP contribution in [0.15, 0.2) is 24.3 Å². The Balaban J connectivity index is 2.32. The van der Waals surface area contributed by atoms with Gasteiger partial charge in [0.1, 0.15) is 0 Å². The van der Waals surface area contributed by atoms with E-state index in [4.69, 9.17) is 16.3 Å². The van der Waals surface area contributed by atoms with E-state index in [2.05, 4.69) is 4.98 Å². The molecule has 0 radical (unpaired) electrons. The number of ketones is 1. The highest BCUT2D eigenvalue weighted by atomic mass is 35.5. The quantitative estimate of drug-likeness (QED) is 0.775. The van der Waals surface area contributed by atoms with Crippen molar-refractivity contribution in [2.24, 2.45) is 0 Å². The Bertz CT molecular complexity index is 812. The zero-order valence-electron chi connectivity index (χ0n) is 13.7. The van der Waals surface area contributed by atoms with Gasteiger partial charge in [0.15, 0.2) is 5.78 Å². The second-order valence-electron chi connectivity index (χ2n) is 5.77. The van der Waals surface area contributed by atoms with Crippen molar-refractivity contribution in [1.29, 1.82) is 0 Å². The van der Waals surface area contributed by atoms with E-state index in [0.717, 1.165) is 24.1 Å². The van der Waals surface area contributed by atoms with Gasteiger partial charge in [-0.3, -0.25) is 9.78 Å². The molecule has 0 fully saturated rings. The molecule has 0 saturated carbocycles. The van der Waals surface area contributed by atoms with Crippen molar-refractivity contribution >= 4 is 23.4 Å². The summed E-state index contributed by atoms with van der Waals surface area (Å²) in [6.45, 7) is 3.81. The lowest BCUT2D eigenvalue weighted by molar-refractivity contribution is 0.0526. The summed E-state index contributed by atoms with van der Waals surface area (Å²) in [4.78, 5) is 29.6. The summed E-state index contributed by atoms with van der Waals surface area (Å²) in [7, 11) is 0. The van der Waals surface area contributed by atoms with Gasteiger partial charge in [0.2, 0.25) is 0 Å². The van der Waals surface area contributed by atoms with Crippen molar-refractivity contribution in [3.63, 3.8) is 0 Å². The number of pyridine rings is 1. The molecule has 0 spiro atoms. The molecule has 124 valence electrons. The molecular weight excluding hydrogens is 326 g/mol. The molecule has 1 aliphatic carbocycles. The molecule has 4 nitrogen and oxygen atoms in total. The maximum Gasteiger partial charge on any atom is 0.340 e. The largest absolute Gasteiger partial charge is 0.462 e. The van der Waals surface area contributed by atoms with E-state index < -0.39 is 5.97 Å². The summed E-state index contributed by atoms with van der Waals surface area (Å²) in [5.74, 6) is -0.423. The van der Waals surface area contributed by atoms with Gasteiger partial charge in [-0.15, -0.1) is 0 Å². The zero-order chi connectivity index (χ0) is 17.3. The number of ether oxygens (including phenoxy) is 1. The highest BCUT2D eigenvalue weighted by Gasteiger charge is 2.29. The first-order chi connectivity index (χ1) is 11.5. The van der Waals surface area contributed by atoms with Crippen LogP contribution in [0.3, 0.4) is 0 Å². The number of aromatic nitrogens is 1. The topological polar surface area (TPSA) is 56.3 Å². The van der Waals surface area contributed by atoms with Gasteiger partial charge in [-0.2, -0.15) is 0 Å². The number of nitrogens with zero attached hydrogens (tertiary/aromatic N) is 1. The maximum atomic E-state index is 12.6. The number of benzene rings is 1. The van der Waals surface area contributed by atoms with Crippen LogP contribution >= 0.6 is 11.6 Å². The lowest BCUT2D eigenvalue weighted by atomic mass is 9.85. The van der Waals surface area contributed by atoms with Crippen molar-refractivity contribution in [3.8, 4) is 11.1 Å². The summed E-state index contributed by atoms with van der Waals surface area (Å²) >= 11 is 5.98. The summed E-state index contributed by atoms with van der Waals surface area (Å²) in [5.41, 5.74) is 3.68. The van der Waals surface area contributed by atoms with E-state index in [0.29, 0.717) is 33.8 Å². The minimum absolute atomic E-state index is 0.0271. The lowest BCUT2D eigenvalue weighted by Crippen LogP contribution is -2.20. The number of Topliss-reactive ketones (excluding diaryl/α,β-unsaturated/α-hetero) is 1. The van der Waals surface area contributed by atoms with Crippen molar-refractivity contribution in [2.75, 3.05) is 6.61 Å². The molecule has 24 heavy (non-hydrogen) atoms.